The van der Waals surface area contributed by atoms with Crippen LogP contribution in [0.15, 0.2) is 0 Å². The minimum absolute atomic E-state index is 0.00124. The first-order valence-electron chi connectivity index (χ1n) is 5.31. The normalized spacial score (nSPS) is 24.4. The van der Waals surface area contributed by atoms with Gasteiger partial charge in [0.2, 0.25) is 10.0 Å². The van der Waals surface area contributed by atoms with Gasteiger partial charge in [-0.25, -0.2) is 12.7 Å². The Bertz CT molecular complexity index is 406. The molecule has 1 aliphatic rings. The Morgan fingerprint density at radius 1 is 1.53 bits per heavy atom. The fraction of sp³-hybridized carbons (Fsp3) is 0.889. The summed E-state index contributed by atoms with van der Waals surface area (Å²) in [4.78, 5) is 10.4. The molecule has 0 aliphatic carbocycles. The molecule has 8 heteroatoms. The molecule has 1 heterocycles. The van der Waals surface area contributed by atoms with E-state index < -0.39 is 26.8 Å². The first-order valence-corrected chi connectivity index (χ1v) is 8.64. The molecule has 2 unspecified atom stereocenters. The molecule has 0 aromatic rings. The van der Waals surface area contributed by atoms with Crippen molar-refractivity contribution in [3.05, 3.63) is 0 Å². The highest BCUT2D eigenvalue weighted by molar-refractivity contribution is 7.88. The molecule has 0 amide bonds. The van der Waals surface area contributed by atoms with E-state index in [1.165, 1.54) is 4.31 Å². The van der Waals surface area contributed by atoms with Crippen LogP contribution in [0.5, 0.6) is 0 Å². The summed E-state index contributed by atoms with van der Waals surface area (Å²) in [5, 5.41) is 8.50. The van der Waals surface area contributed by atoms with Crippen molar-refractivity contribution >= 4 is 26.8 Å². The summed E-state index contributed by atoms with van der Waals surface area (Å²) >= 11 is 0. The van der Waals surface area contributed by atoms with Crippen molar-refractivity contribution in [1.29, 1.82) is 0 Å². The second-order valence-electron chi connectivity index (χ2n) is 4.27. The van der Waals surface area contributed by atoms with Crippen LogP contribution in [0.25, 0.3) is 0 Å². The Balaban J connectivity index is 2.50. The van der Waals surface area contributed by atoms with Gasteiger partial charge in [-0.15, -0.1) is 0 Å². The average Bonchev–Trinajstić information content (AvgIpc) is 2.15. The molecular weight excluding hydrogens is 266 g/mol. The number of rotatable bonds is 5. The van der Waals surface area contributed by atoms with Crippen LogP contribution in [0.2, 0.25) is 0 Å². The lowest BCUT2D eigenvalue weighted by Crippen LogP contribution is -2.41. The van der Waals surface area contributed by atoms with Gasteiger partial charge >= 0.3 is 5.97 Å². The fourth-order valence-corrected chi connectivity index (χ4v) is 4.06. The molecule has 1 saturated heterocycles. The van der Waals surface area contributed by atoms with Crippen LogP contribution in [0.1, 0.15) is 12.8 Å². The molecular formula is C9H17NO5S2. The quantitative estimate of drug-likeness (QED) is 0.734. The molecule has 1 rings (SSSR count). The maximum Gasteiger partial charge on any atom is 0.316 e. The predicted molar refractivity (Wildman–Crippen MR) is 64.7 cm³/mol. The zero-order valence-corrected chi connectivity index (χ0v) is 11.3. The molecule has 0 aromatic heterocycles. The maximum atomic E-state index is 11.4. The zero-order valence-electron chi connectivity index (χ0n) is 9.66. The lowest BCUT2D eigenvalue weighted by molar-refractivity contribution is -0.133. The molecule has 1 N–H and O–H groups in total. The summed E-state index contributed by atoms with van der Waals surface area (Å²) in [6.45, 7) is 0.852. The van der Waals surface area contributed by atoms with Gasteiger partial charge in [0.1, 0.15) is 5.75 Å². The van der Waals surface area contributed by atoms with E-state index in [9.17, 15) is 17.4 Å². The highest BCUT2D eigenvalue weighted by atomic mass is 32.2. The highest BCUT2D eigenvalue weighted by Gasteiger charge is 2.27. The molecule has 0 saturated carbocycles. The van der Waals surface area contributed by atoms with Gasteiger partial charge in [-0.2, -0.15) is 0 Å². The topological polar surface area (TPSA) is 91.8 Å². The Labute approximate surface area is 104 Å². The molecule has 0 spiro atoms. The molecule has 2 atom stereocenters. The van der Waals surface area contributed by atoms with Crippen LogP contribution >= 0.6 is 0 Å². The van der Waals surface area contributed by atoms with Crippen molar-refractivity contribution in [3.63, 3.8) is 0 Å². The van der Waals surface area contributed by atoms with Crippen molar-refractivity contribution in [2.45, 2.75) is 12.8 Å². The molecule has 1 aliphatic heterocycles. The van der Waals surface area contributed by atoms with E-state index in [-0.39, 0.29) is 17.4 Å². The van der Waals surface area contributed by atoms with Gasteiger partial charge in [0.05, 0.1) is 6.26 Å². The Kier molecular flexibility index (Phi) is 5.08. The number of nitrogens with zero attached hydrogens (tertiary/aromatic N) is 1. The van der Waals surface area contributed by atoms with Crippen LogP contribution in [-0.2, 0) is 25.6 Å². The van der Waals surface area contributed by atoms with E-state index in [1.807, 2.05) is 0 Å². The predicted octanol–water partition coefficient (Wildman–Crippen LogP) is -0.509. The van der Waals surface area contributed by atoms with Crippen molar-refractivity contribution < 1.29 is 22.5 Å². The van der Waals surface area contributed by atoms with Gasteiger partial charge in [0, 0.05) is 29.6 Å². The van der Waals surface area contributed by atoms with Gasteiger partial charge < -0.3 is 5.11 Å². The second kappa shape index (κ2) is 5.92. The zero-order chi connectivity index (χ0) is 13.1. The number of sulfonamides is 1. The van der Waals surface area contributed by atoms with Crippen LogP contribution in [0.3, 0.4) is 0 Å². The minimum Gasteiger partial charge on any atom is -0.481 e. The lowest BCUT2D eigenvalue weighted by atomic mass is 10.0. The minimum atomic E-state index is -3.20. The summed E-state index contributed by atoms with van der Waals surface area (Å²) in [6.07, 6.45) is 2.70. The fourth-order valence-electron chi connectivity index (χ4n) is 1.92. The van der Waals surface area contributed by atoms with Gasteiger partial charge in [-0.05, 0) is 18.8 Å². The van der Waals surface area contributed by atoms with Gasteiger partial charge in [-0.3, -0.25) is 9.00 Å². The van der Waals surface area contributed by atoms with Gasteiger partial charge in [-0.1, -0.05) is 0 Å². The maximum absolute atomic E-state index is 11.4. The van der Waals surface area contributed by atoms with E-state index in [1.54, 1.807) is 0 Å². The molecule has 6 nitrogen and oxygen atoms in total. The highest BCUT2D eigenvalue weighted by Crippen LogP contribution is 2.19. The first-order chi connectivity index (χ1) is 7.79. The molecule has 100 valence electrons. The number of carbonyl (C=O) groups is 1. The molecule has 0 aromatic carbocycles. The second-order valence-corrected chi connectivity index (χ2v) is 7.76. The van der Waals surface area contributed by atoms with E-state index in [4.69, 9.17) is 5.11 Å². The number of hydrogen-bond donors (Lipinski definition) is 1. The standard InChI is InChI=1S/C9H17NO5S2/c1-17(14,15)10-4-2-3-8(5-10)6-16(13)7-9(11)12/h8H,2-7H2,1H3,(H,11,12). The largest absolute Gasteiger partial charge is 0.481 e. The Morgan fingerprint density at radius 2 is 2.18 bits per heavy atom. The number of aliphatic carboxylic acids is 1. The summed E-state index contributed by atoms with van der Waals surface area (Å²) in [6, 6.07) is 0. The van der Waals surface area contributed by atoms with Crippen LogP contribution in [0, 0.1) is 5.92 Å². The summed E-state index contributed by atoms with van der Waals surface area (Å²) < 4.78 is 35.5. The smallest absolute Gasteiger partial charge is 0.316 e. The van der Waals surface area contributed by atoms with E-state index in [0.717, 1.165) is 19.1 Å². The Morgan fingerprint density at radius 3 is 2.71 bits per heavy atom. The molecule has 1 fully saturated rings. The van der Waals surface area contributed by atoms with Gasteiger partial charge in [0.15, 0.2) is 0 Å². The third-order valence-electron chi connectivity index (χ3n) is 2.66. The SMILES string of the molecule is CS(=O)(=O)N1CCCC(CS(=O)CC(=O)O)C1. The van der Waals surface area contributed by atoms with Crippen LogP contribution in [-0.4, -0.2) is 58.9 Å². The lowest BCUT2D eigenvalue weighted by Gasteiger charge is -2.30. The first kappa shape index (κ1) is 14.6. The third kappa shape index (κ3) is 5.13. The van der Waals surface area contributed by atoms with Crippen molar-refractivity contribution in [1.82, 2.24) is 4.31 Å². The molecule has 0 bridgehead atoms. The average molecular weight is 283 g/mol. The van der Waals surface area contributed by atoms with Crippen molar-refractivity contribution in [2.24, 2.45) is 5.92 Å². The van der Waals surface area contributed by atoms with E-state index in [2.05, 4.69) is 0 Å². The molecule has 0 radical (unpaired) electrons. The number of piperidine rings is 1. The van der Waals surface area contributed by atoms with E-state index in [0.29, 0.717) is 13.1 Å². The summed E-state index contributed by atoms with van der Waals surface area (Å²) in [5.74, 6) is -1.19. The molecule has 17 heavy (non-hydrogen) atoms. The van der Waals surface area contributed by atoms with E-state index >= 15 is 0 Å². The van der Waals surface area contributed by atoms with Crippen LogP contribution in [0.4, 0.5) is 0 Å². The van der Waals surface area contributed by atoms with Crippen molar-refractivity contribution in [2.75, 3.05) is 30.9 Å². The number of carboxylic acid groups (broad SMARTS) is 1. The van der Waals surface area contributed by atoms with Gasteiger partial charge in [0.25, 0.3) is 0 Å². The number of hydrogen-bond acceptors (Lipinski definition) is 4. The monoisotopic (exact) mass is 283 g/mol. The number of carboxylic acids is 1. The van der Waals surface area contributed by atoms with Crippen molar-refractivity contribution in [3.8, 4) is 0 Å². The van der Waals surface area contributed by atoms with Crippen LogP contribution < -0.4 is 0 Å². The Hall–Kier alpha value is -0.470. The summed E-state index contributed by atoms with van der Waals surface area (Å²) in [7, 11) is -4.61. The third-order valence-corrected chi connectivity index (χ3v) is 5.34. The summed E-state index contributed by atoms with van der Waals surface area (Å²) in [5.41, 5.74) is 0.